The van der Waals surface area contributed by atoms with Gasteiger partial charge in [-0.05, 0) is 13.8 Å². The van der Waals surface area contributed by atoms with Crippen LogP contribution in [0.4, 0.5) is 0 Å². The fraction of sp³-hybridized carbons (Fsp3) is 0.500. The quantitative estimate of drug-likeness (QED) is 0.723. The van der Waals surface area contributed by atoms with Crippen LogP contribution in [0.3, 0.4) is 0 Å². The predicted octanol–water partition coefficient (Wildman–Crippen LogP) is 1.37. The second-order valence-electron chi connectivity index (χ2n) is 3.76. The molecule has 0 heterocycles. The van der Waals surface area contributed by atoms with E-state index in [9.17, 15) is 21.0 Å². The van der Waals surface area contributed by atoms with E-state index in [-0.39, 0.29) is 0 Å². The van der Waals surface area contributed by atoms with Crippen molar-refractivity contribution in [2.24, 2.45) is 22.7 Å². The van der Waals surface area contributed by atoms with E-state index >= 15 is 0 Å². The maximum atomic E-state index is 9.19. The Morgan fingerprint density at radius 1 is 0.611 bits per heavy atom. The lowest BCUT2D eigenvalue weighted by Gasteiger charge is -2.34. The summed E-state index contributed by atoms with van der Waals surface area (Å²) in [5.41, 5.74) is -4.33. The number of hydrogen-bond donors (Lipinski definition) is 0. The van der Waals surface area contributed by atoms with E-state index in [4.69, 9.17) is 10.5 Å². The molecule has 0 saturated carbocycles. The van der Waals surface area contributed by atoms with Crippen molar-refractivity contribution in [1.82, 2.24) is 0 Å². The van der Waals surface area contributed by atoms with Gasteiger partial charge in [-0.15, -0.1) is 0 Å². The number of nitriles is 6. The molecule has 6 heteroatoms. The van der Waals surface area contributed by atoms with Gasteiger partial charge in [-0.3, -0.25) is 0 Å². The van der Waals surface area contributed by atoms with Crippen LogP contribution in [0.2, 0.25) is 0 Å². The Kier molecular flexibility index (Phi) is 4.42. The second-order valence-corrected chi connectivity index (χ2v) is 3.76. The maximum Gasteiger partial charge on any atom is 0.192 e. The largest absolute Gasteiger partial charge is 0.198 e. The zero-order valence-corrected chi connectivity index (χ0v) is 9.84. The predicted molar refractivity (Wildman–Crippen MR) is 56.9 cm³/mol. The van der Waals surface area contributed by atoms with Gasteiger partial charge in [0, 0.05) is 0 Å². The number of nitrogens with zero attached hydrogens (tertiary/aromatic N) is 6. The Hall–Kier alpha value is -3.06. The Morgan fingerprint density at radius 2 is 0.833 bits per heavy atom. The van der Waals surface area contributed by atoms with Crippen molar-refractivity contribution >= 4 is 0 Å². The van der Waals surface area contributed by atoms with Gasteiger partial charge in [0.15, 0.2) is 10.8 Å². The smallest absolute Gasteiger partial charge is 0.192 e. The first-order valence-electron chi connectivity index (χ1n) is 4.90. The van der Waals surface area contributed by atoms with Gasteiger partial charge in [-0.2, -0.15) is 31.6 Å². The van der Waals surface area contributed by atoms with E-state index in [2.05, 4.69) is 0 Å². The average Bonchev–Trinajstić information content (AvgIpc) is 2.43. The molecule has 0 spiro atoms. The molecule has 0 rings (SSSR count). The summed E-state index contributed by atoms with van der Waals surface area (Å²) in [6.07, 6.45) is 0. The SMILES string of the molecule is C[C@H](C#N)C(C#N)(C#N)C(C#N)(C#N)[C@H](C)C#N. The van der Waals surface area contributed by atoms with Crippen LogP contribution >= 0.6 is 0 Å². The Labute approximate surface area is 105 Å². The van der Waals surface area contributed by atoms with Crippen LogP contribution in [-0.4, -0.2) is 0 Å². The van der Waals surface area contributed by atoms with Crippen molar-refractivity contribution in [3.8, 4) is 36.4 Å². The summed E-state index contributed by atoms with van der Waals surface area (Å²) in [7, 11) is 0. The third-order valence-electron chi connectivity index (χ3n) is 3.01. The van der Waals surface area contributed by atoms with Crippen molar-refractivity contribution in [3.63, 3.8) is 0 Å². The third kappa shape index (κ3) is 1.60. The first-order valence-corrected chi connectivity index (χ1v) is 4.90. The number of hydrogen-bond acceptors (Lipinski definition) is 6. The van der Waals surface area contributed by atoms with Crippen molar-refractivity contribution in [2.45, 2.75) is 13.8 Å². The summed E-state index contributed by atoms with van der Waals surface area (Å²) >= 11 is 0. The minimum Gasteiger partial charge on any atom is -0.198 e. The Balaban J connectivity index is 6.45. The van der Waals surface area contributed by atoms with E-state index in [0.29, 0.717) is 0 Å². The van der Waals surface area contributed by atoms with Gasteiger partial charge in [0.2, 0.25) is 0 Å². The molecule has 0 saturated heterocycles. The molecule has 86 valence electrons. The molecule has 0 fully saturated rings. The van der Waals surface area contributed by atoms with Crippen LogP contribution in [-0.2, 0) is 0 Å². The standard InChI is InChI=1S/C12H8N6/c1-9(3-13)11(5-15,6-16)12(7-17,8-18)10(2)4-14/h9-10H,1-2H3/t9-,10-/m1/s1. The van der Waals surface area contributed by atoms with Crippen LogP contribution in [0.5, 0.6) is 0 Å². The molecule has 0 unspecified atom stereocenters. The Morgan fingerprint density at radius 3 is 0.944 bits per heavy atom. The zero-order valence-electron chi connectivity index (χ0n) is 9.84. The molecule has 0 aliphatic rings. The molecule has 0 N–H and O–H groups in total. The molecule has 18 heavy (non-hydrogen) atoms. The Bertz CT molecular complexity index is 495. The van der Waals surface area contributed by atoms with Gasteiger partial charge in [0.1, 0.15) is 0 Å². The first-order chi connectivity index (χ1) is 8.46. The molecule has 0 aromatic carbocycles. The van der Waals surface area contributed by atoms with E-state index in [1.807, 2.05) is 0 Å². The van der Waals surface area contributed by atoms with E-state index in [1.165, 1.54) is 13.8 Å². The van der Waals surface area contributed by atoms with Gasteiger partial charge in [-0.25, -0.2) is 0 Å². The molecule has 2 atom stereocenters. The zero-order chi connectivity index (χ0) is 14.4. The van der Waals surface area contributed by atoms with Crippen molar-refractivity contribution in [3.05, 3.63) is 0 Å². The summed E-state index contributed by atoms with van der Waals surface area (Å²) in [6.45, 7) is 2.56. The highest BCUT2D eigenvalue weighted by Gasteiger charge is 2.61. The van der Waals surface area contributed by atoms with Crippen molar-refractivity contribution in [2.75, 3.05) is 0 Å². The maximum absolute atomic E-state index is 9.19. The monoisotopic (exact) mass is 236 g/mol. The van der Waals surface area contributed by atoms with Gasteiger partial charge in [0.25, 0.3) is 0 Å². The van der Waals surface area contributed by atoms with Crippen LogP contribution in [0.15, 0.2) is 0 Å². The molecule has 0 bridgehead atoms. The average molecular weight is 236 g/mol. The normalized spacial score (nSPS) is 13.3. The molecule has 0 aliphatic carbocycles. The summed E-state index contributed by atoms with van der Waals surface area (Å²) < 4.78 is 0. The van der Waals surface area contributed by atoms with Crippen molar-refractivity contribution in [1.29, 1.82) is 31.6 Å². The van der Waals surface area contributed by atoms with Gasteiger partial charge in [0.05, 0.1) is 48.3 Å². The summed E-state index contributed by atoms with van der Waals surface area (Å²) in [6, 6.07) is 9.78. The lowest BCUT2D eigenvalue weighted by Crippen LogP contribution is -2.46. The highest BCUT2D eigenvalue weighted by molar-refractivity contribution is 5.39. The van der Waals surface area contributed by atoms with E-state index in [0.717, 1.165) is 0 Å². The van der Waals surface area contributed by atoms with Crippen LogP contribution in [0.25, 0.3) is 0 Å². The summed E-state index contributed by atoms with van der Waals surface area (Å²) in [5, 5.41) is 54.5. The third-order valence-corrected chi connectivity index (χ3v) is 3.01. The minimum absolute atomic E-state index is 1.18. The number of rotatable bonds is 3. The summed E-state index contributed by atoms with van der Waals surface area (Å²) in [5.74, 6) is -2.36. The minimum atomic E-state index is -2.17. The molecule has 0 aliphatic heterocycles. The van der Waals surface area contributed by atoms with E-state index < -0.39 is 22.7 Å². The van der Waals surface area contributed by atoms with Gasteiger partial charge >= 0.3 is 0 Å². The first kappa shape index (κ1) is 14.9. The second kappa shape index (κ2) is 5.32. The van der Waals surface area contributed by atoms with Crippen LogP contribution in [0.1, 0.15) is 13.8 Å². The van der Waals surface area contributed by atoms with Crippen molar-refractivity contribution < 1.29 is 0 Å². The van der Waals surface area contributed by atoms with Gasteiger partial charge < -0.3 is 0 Å². The molecular formula is C12H8N6. The molecule has 0 amide bonds. The van der Waals surface area contributed by atoms with Gasteiger partial charge in [-0.1, -0.05) is 0 Å². The molecule has 0 radical (unpaired) electrons. The summed E-state index contributed by atoms with van der Waals surface area (Å²) in [4.78, 5) is 0. The molecular weight excluding hydrogens is 228 g/mol. The van der Waals surface area contributed by atoms with E-state index in [1.54, 1.807) is 36.4 Å². The lowest BCUT2D eigenvalue weighted by molar-refractivity contribution is 0.198. The highest BCUT2D eigenvalue weighted by atomic mass is 14.6. The topological polar surface area (TPSA) is 143 Å². The lowest BCUT2D eigenvalue weighted by atomic mass is 9.56. The molecule has 0 aromatic heterocycles. The fourth-order valence-corrected chi connectivity index (χ4v) is 1.67. The molecule has 6 nitrogen and oxygen atoms in total. The fourth-order valence-electron chi connectivity index (χ4n) is 1.67. The van der Waals surface area contributed by atoms with Crippen LogP contribution in [0, 0.1) is 90.7 Å². The highest BCUT2D eigenvalue weighted by Crippen LogP contribution is 2.48. The molecule has 0 aromatic rings. The van der Waals surface area contributed by atoms with Crippen LogP contribution < -0.4 is 0 Å².